The van der Waals surface area contributed by atoms with E-state index in [0.29, 0.717) is 0 Å². The number of rotatable bonds is 4. The van der Waals surface area contributed by atoms with Crippen LogP contribution >= 0.6 is 0 Å². The number of nitrogens with zero attached hydrogens (tertiary/aromatic N) is 1. The Kier molecular flexibility index (Phi) is 3.41. The zero-order chi connectivity index (χ0) is 16.8. The lowest BCUT2D eigenvalue weighted by molar-refractivity contribution is -0.122. The van der Waals surface area contributed by atoms with Gasteiger partial charge in [0, 0.05) is 19.1 Å². The van der Waals surface area contributed by atoms with Crippen LogP contribution in [0.25, 0.3) is 0 Å². The number of fused-ring (bicyclic) bond motifs is 2. The second kappa shape index (κ2) is 5.77. The number of nitrogens with one attached hydrogen (secondary N) is 1. The predicted molar refractivity (Wildman–Crippen MR) is 92.5 cm³/mol. The highest BCUT2D eigenvalue weighted by atomic mass is 16.7. The molecule has 2 aliphatic heterocycles. The van der Waals surface area contributed by atoms with Crippen molar-refractivity contribution in [3.63, 3.8) is 0 Å². The van der Waals surface area contributed by atoms with Crippen LogP contribution in [0.1, 0.15) is 16.7 Å². The quantitative estimate of drug-likeness (QED) is 0.866. The van der Waals surface area contributed by atoms with E-state index in [1.54, 1.807) is 0 Å². The molecule has 5 nitrogen and oxygen atoms in total. The molecular formula is C20H20N2O3. The molecule has 2 unspecified atom stereocenters. The minimum atomic E-state index is -0.00543. The fraction of sp³-hybridized carbons (Fsp3) is 0.350. The molecule has 1 N–H and O–H groups in total. The number of hydrogen-bond donors (Lipinski definition) is 1. The Labute approximate surface area is 146 Å². The summed E-state index contributed by atoms with van der Waals surface area (Å²) in [6.45, 7) is 1.87. The molecule has 25 heavy (non-hydrogen) atoms. The van der Waals surface area contributed by atoms with Crippen LogP contribution in [-0.2, 0) is 24.2 Å². The van der Waals surface area contributed by atoms with Gasteiger partial charge < -0.3 is 14.8 Å². The second-order valence-corrected chi connectivity index (χ2v) is 7.02. The lowest BCUT2D eigenvalue weighted by Crippen LogP contribution is -2.39. The highest BCUT2D eigenvalue weighted by Crippen LogP contribution is 2.34. The molecule has 2 atom stereocenters. The first-order valence-corrected chi connectivity index (χ1v) is 8.76. The summed E-state index contributed by atoms with van der Waals surface area (Å²) >= 11 is 0. The summed E-state index contributed by atoms with van der Waals surface area (Å²) in [7, 11) is 0. The fourth-order valence-electron chi connectivity index (χ4n) is 3.83. The molecule has 1 fully saturated rings. The van der Waals surface area contributed by atoms with Crippen molar-refractivity contribution in [1.29, 1.82) is 0 Å². The van der Waals surface area contributed by atoms with Crippen molar-refractivity contribution in [2.24, 2.45) is 0 Å². The lowest BCUT2D eigenvalue weighted by Gasteiger charge is -2.12. The summed E-state index contributed by atoms with van der Waals surface area (Å²) in [5.74, 6) is 1.74. The highest BCUT2D eigenvalue weighted by molar-refractivity contribution is 5.85. The largest absolute Gasteiger partial charge is 0.454 e. The molecule has 2 heterocycles. The second-order valence-electron chi connectivity index (χ2n) is 7.02. The van der Waals surface area contributed by atoms with E-state index < -0.39 is 0 Å². The number of hydrogen-bond acceptors (Lipinski definition) is 4. The molecule has 0 spiro atoms. The standard InChI is InChI=1S/C20H20N2O3/c23-20(21-16-8-14-3-1-2-4-15(14)9-16)17-11-22(17)10-13-5-6-18-19(7-13)25-12-24-18/h1-7,16-17H,8-12H2,(H,21,23). The summed E-state index contributed by atoms with van der Waals surface area (Å²) in [4.78, 5) is 14.7. The maximum atomic E-state index is 12.5. The Morgan fingerprint density at radius 1 is 1.08 bits per heavy atom. The van der Waals surface area contributed by atoms with Crippen molar-refractivity contribution in [2.75, 3.05) is 13.3 Å². The molecule has 0 saturated carbocycles. The van der Waals surface area contributed by atoms with Gasteiger partial charge >= 0.3 is 0 Å². The average molecular weight is 336 g/mol. The minimum absolute atomic E-state index is 0.00543. The molecule has 0 bridgehead atoms. The third-order valence-corrected chi connectivity index (χ3v) is 5.24. The monoisotopic (exact) mass is 336 g/mol. The molecule has 2 aromatic carbocycles. The topological polar surface area (TPSA) is 50.6 Å². The Bertz CT molecular complexity index is 810. The van der Waals surface area contributed by atoms with Crippen LogP contribution in [0.2, 0.25) is 0 Å². The first-order valence-electron chi connectivity index (χ1n) is 8.76. The first-order chi connectivity index (χ1) is 12.3. The molecule has 5 heteroatoms. The van der Waals surface area contributed by atoms with Gasteiger partial charge in [-0.2, -0.15) is 0 Å². The molecule has 1 amide bonds. The third-order valence-electron chi connectivity index (χ3n) is 5.24. The highest BCUT2D eigenvalue weighted by Gasteiger charge is 2.41. The molecular weight excluding hydrogens is 316 g/mol. The van der Waals surface area contributed by atoms with E-state index in [2.05, 4.69) is 34.5 Å². The molecule has 5 rings (SSSR count). The summed E-state index contributed by atoms with van der Waals surface area (Å²) in [6.07, 6.45) is 1.88. The zero-order valence-corrected chi connectivity index (χ0v) is 13.9. The number of amides is 1. The van der Waals surface area contributed by atoms with Gasteiger partial charge in [0.25, 0.3) is 0 Å². The van der Waals surface area contributed by atoms with E-state index in [9.17, 15) is 4.79 Å². The van der Waals surface area contributed by atoms with E-state index in [1.807, 2.05) is 18.2 Å². The van der Waals surface area contributed by atoms with Gasteiger partial charge in [-0.1, -0.05) is 30.3 Å². The SMILES string of the molecule is O=C(NC1Cc2ccccc2C1)C1CN1Cc1ccc2c(c1)OCO2. The molecule has 1 saturated heterocycles. The summed E-state index contributed by atoms with van der Waals surface area (Å²) in [5.41, 5.74) is 3.87. The van der Waals surface area contributed by atoms with Gasteiger partial charge in [-0.05, 0) is 41.7 Å². The van der Waals surface area contributed by atoms with E-state index in [-0.39, 0.29) is 24.8 Å². The Morgan fingerprint density at radius 3 is 2.64 bits per heavy atom. The van der Waals surface area contributed by atoms with Gasteiger partial charge in [0.2, 0.25) is 12.7 Å². The molecule has 2 aromatic rings. The number of ether oxygens (including phenoxy) is 2. The van der Waals surface area contributed by atoms with Crippen molar-refractivity contribution in [1.82, 2.24) is 10.2 Å². The first kappa shape index (κ1) is 14.8. The van der Waals surface area contributed by atoms with Crippen LogP contribution in [0.4, 0.5) is 0 Å². The van der Waals surface area contributed by atoms with Gasteiger partial charge in [0.15, 0.2) is 11.5 Å². The average Bonchev–Trinajstić information content (AvgIpc) is 3.04. The van der Waals surface area contributed by atoms with Gasteiger partial charge in [-0.25, -0.2) is 0 Å². The van der Waals surface area contributed by atoms with E-state index >= 15 is 0 Å². The predicted octanol–water partition coefficient (Wildman–Crippen LogP) is 1.88. The lowest BCUT2D eigenvalue weighted by atomic mass is 10.1. The van der Waals surface area contributed by atoms with Crippen molar-refractivity contribution in [3.8, 4) is 11.5 Å². The minimum Gasteiger partial charge on any atom is -0.454 e. The van der Waals surface area contributed by atoms with Gasteiger partial charge in [0.1, 0.15) is 6.04 Å². The Hall–Kier alpha value is -2.53. The normalized spacial score (nSPS) is 23.4. The molecule has 128 valence electrons. The van der Waals surface area contributed by atoms with Crippen LogP contribution < -0.4 is 14.8 Å². The van der Waals surface area contributed by atoms with Crippen LogP contribution in [-0.4, -0.2) is 36.2 Å². The van der Waals surface area contributed by atoms with Crippen LogP contribution in [0.15, 0.2) is 42.5 Å². The Balaban J connectivity index is 1.16. The van der Waals surface area contributed by atoms with Crippen molar-refractivity contribution < 1.29 is 14.3 Å². The van der Waals surface area contributed by atoms with Crippen molar-refractivity contribution in [3.05, 3.63) is 59.2 Å². The van der Waals surface area contributed by atoms with E-state index in [4.69, 9.17) is 9.47 Å². The van der Waals surface area contributed by atoms with E-state index in [0.717, 1.165) is 43.0 Å². The van der Waals surface area contributed by atoms with Gasteiger partial charge in [-0.3, -0.25) is 9.69 Å². The summed E-state index contributed by atoms with van der Waals surface area (Å²) in [6, 6.07) is 14.7. The smallest absolute Gasteiger partial charge is 0.238 e. The van der Waals surface area contributed by atoms with Crippen molar-refractivity contribution in [2.45, 2.75) is 31.5 Å². The number of carbonyl (C=O) groups is 1. The van der Waals surface area contributed by atoms with Gasteiger partial charge in [0.05, 0.1) is 0 Å². The van der Waals surface area contributed by atoms with Crippen LogP contribution in [0.5, 0.6) is 11.5 Å². The molecule has 0 aromatic heterocycles. The molecule has 0 radical (unpaired) electrons. The third kappa shape index (κ3) is 2.85. The summed E-state index contributed by atoms with van der Waals surface area (Å²) < 4.78 is 10.7. The van der Waals surface area contributed by atoms with Crippen LogP contribution in [0.3, 0.4) is 0 Å². The Morgan fingerprint density at radius 2 is 1.84 bits per heavy atom. The van der Waals surface area contributed by atoms with Crippen molar-refractivity contribution >= 4 is 5.91 Å². The number of benzene rings is 2. The van der Waals surface area contributed by atoms with Gasteiger partial charge in [-0.15, -0.1) is 0 Å². The number of carbonyl (C=O) groups excluding carboxylic acids is 1. The van der Waals surface area contributed by atoms with Crippen LogP contribution in [0, 0.1) is 0 Å². The summed E-state index contributed by atoms with van der Waals surface area (Å²) in [5, 5.41) is 3.22. The fourth-order valence-corrected chi connectivity index (χ4v) is 3.83. The molecule has 1 aliphatic carbocycles. The zero-order valence-electron chi connectivity index (χ0n) is 13.9. The maximum absolute atomic E-state index is 12.5. The van der Waals surface area contributed by atoms with E-state index in [1.165, 1.54) is 11.1 Å². The maximum Gasteiger partial charge on any atom is 0.238 e. The molecule has 3 aliphatic rings.